The van der Waals surface area contributed by atoms with Crippen molar-refractivity contribution in [2.45, 2.75) is 80.9 Å². The van der Waals surface area contributed by atoms with Crippen molar-refractivity contribution in [1.29, 1.82) is 0 Å². The SMILES string of the molecule is CN(CCN(C)C(=O)[C@H](CCCCN)NC(=O)c1ccc(C2(C)NN2)cc1)C(=O)CCCC[C@H]1SC[C@H]2NC(=O)N[C@H]21. The van der Waals surface area contributed by atoms with Gasteiger partial charge in [-0.1, -0.05) is 18.6 Å². The molecule has 0 unspecified atom stereocenters. The van der Waals surface area contributed by atoms with E-state index in [1.165, 1.54) is 0 Å². The molecule has 42 heavy (non-hydrogen) atoms. The number of rotatable bonds is 16. The molecule has 0 aliphatic carbocycles. The lowest BCUT2D eigenvalue weighted by Crippen LogP contribution is -2.49. The Labute approximate surface area is 252 Å². The molecule has 3 saturated heterocycles. The normalized spacial score (nSPS) is 22.5. The maximum Gasteiger partial charge on any atom is 0.315 e. The molecule has 4 rings (SSSR count). The highest BCUT2D eigenvalue weighted by molar-refractivity contribution is 8.00. The molecule has 3 heterocycles. The van der Waals surface area contributed by atoms with Crippen LogP contribution >= 0.6 is 11.8 Å². The Balaban J connectivity index is 1.19. The fourth-order valence-corrected chi connectivity index (χ4v) is 6.98. The van der Waals surface area contributed by atoms with Crippen molar-refractivity contribution in [3.63, 3.8) is 0 Å². The third-order valence-corrected chi connectivity index (χ3v) is 9.92. The van der Waals surface area contributed by atoms with Gasteiger partial charge in [0.1, 0.15) is 11.7 Å². The fraction of sp³-hybridized carbons (Fsp3) is 0.655. The Morgan fingerprint density at radius 2 is 1.76 bits per heavy atom. The van der Waals surface area contributed by atoms with Crippen molar-refractivity contribution in [2.24, 2.45) is 5.73 Å². The van der Waals surface area contributed by atoms with Gasteiger partial charge in [0, 0.05) is 50.2 Å². The van der Waals surface area contributed by atoms with Gasteiger partial charge in [-0.2, -0.15) is 11.8 Å². The lowest BCUT2D eigenvalue weighted by molar-refractivity contribution is -0.134. The molecule has 5 amide bonds. The van der Waals surface area contributed by atoms with Crippen LogP contribution in [0.3, 0.4) is 0 Å². The summed E-state index contributed by atoms with van der Waals surface area (Å²) in [6.45, 7) is 3.31. The number of thioether (sulfide) groups is 1. The molecular formula is C29H46N8O4S. The molecule has 0 bridgehead atoms. The van der Waals surface area contributed by atoms with Crippen molar-refractivity contribution in [3.8, 4) is 0 Å². The number of carbonyl (C=O) groups is 4. The number of urea groups is 1. The maximum absolute atomic E-state index is 13.3. The lowest BCUT2D eigenvalue weighted by Gasteiger charge is -2.27. The van der Waals surface area contributed by atoms with Crippen LogP contribution in [0, 0.1) is 0 Å². The predicted molar refractivity (Wildman–Crippen MR) is 163 cm³/mol. The molecule has 12 nitrogen and oxygen atoms in total. The van der Waals surface area contributed by atoms with E-state index in [-0.39, 0.29) is 41.5 Å². The van der Waals surface area contributed by atoms with Gasteiger partial charge in [0.15, 0.2) is 0 Å². The zero-order valence-electron chi connectivity index (χ0n) is 24.9. The first-order valence-electron chi connectivity index (χ1n) is 14.9. The zero-order chi connectivity index (χ0) is 30.3. The first-order chi connectivity index (χ1) is 20.1. The molecule has 0 saturated carbocycles. The van der Waals surface area contributed by atoms with Gasteiger partial charge in [0.05, 0.1) is 12.1 Å². The average molecular weight is 603 g/mol. The number of fused-ring (bicyclic) bond motifs is 1. The van der Waals surface area contributed by atoms with Crippen molar-refractivity contribution in [3.05, 3.63) is 35.4 Å². The van der Waals surface area contributed by atoms with Gasteiger partial charge in [0.2, 0.25) is 11.8 Å². The summed E-state index contributed by atoms with van der Waals surface area (Å²) in [6, 6.07) is 6.95. The molecule has 232 valence electrons. The van der Waals surface area contributed by atoms with Gasteiger partial charge >= 0.3 is 6.03 Å². The standard InChI is InChI=1S/C29H46N8O4S/c1-29(34-35-29)20-13-11-19(12-14-20)26(39)31-21(8-6-7-15-30)27(40)37(3)17-16-36(2)24(38)10-5-4-9-23-25-22(18-42-23)32-28(41)33-25/h11-14,21-23,25,34-35H,4-10,15-18,30H2,1-3H3,(H,31,39)(H2,32,33,41)/t21-,22+,23+,25+/m0/s1. The van der Waals surface area contributed by atoms with E-state index in [0.29, 0.717) is 43.3 Å². The monoisotopic (exact) mass is 602 g/mol. The Morgan fingerprint density at radius 3 is 2.45 bits per heavy atom. The van der Waals surface area contributed by atoms with E-state index in [1.807, 2.05) is 30.8 Å². The molecule has 3 aliphatic heterocycles. The zero-order valence-corrected chi connectivity index (χ0v) is 25.7. The van der Waals surface area contributed by atoms with Gasteiger partial charge in [-0.05, 0) is 63.3 Å². The summed E-state index contributed by atoms with van der Waals surface area (Å²) in [5.74, 6) is 0.499. The van der Waals surface area contributed by atoms with Crippen LogP contribution in [0.4, 0.5) is 4.79 Å². The largest absolute Gasteiger partial charge is 0.344 e. The van der Waals surface area contributed by atoms with Crippen molar-refractivity contribution < 1.29 is 19.2 Å². The van der Waals surface area contributed by atoms with Crippen LogP contribution in [0.1, 0.15) is 67.8 Å². The van der Waals surface area contributed by atoms with E-state index >= 15 is 0 Å². The number of likely N-dealkylation sites (N-methyl/N-ethyl adjacent to an activating group) is 2. The summed E-state index contributed by atoms with van der Waals surface area (Å²) in [5.41, 5.74) is 13.1. The van der Waals surface area contributed by atoms with E-state index < -0.39 is 6.04 Å². The number of hydrogen-bond acceptors (Lipinski definition) is 8. The minimum absolute atomic E-state index is 0.0466. The summed E-state index contributed by atoms with van der Waals surface area (Å²) >= 11 is 1.88. The molecule has 3 aliphatic rings. The minimum atomic E-state index is -0.674. The first kappa shape index (κ1) is 32.1. The number of nitrogens with two attached hydrogens (primary N) is 1. The highest BCUT2D eigenvalue weighted by Crippen LogP contribution is 2.33. The topological polar surface area (TPSA) is 181 Å². The third-order valence-electron chi connectivity index (χ3n) is 8.42. The summed E-state index contributed by atoms with van der Waals surface area (Å²) in [7, 11) is 3.46. The highest BCUT2D eigenvalue weighted by Gasteiger charge is 2.42. The van der Waals surface area contributed by atoms with Crippen LogP contribution in [0.5, 0.6) is 0 Å². The second kappa shape index (κ2) is 14.5. The van der Waals surface area contributed by atoms with Gasteiger partial charge in [-0.3, -0.25) is 14.4 Å². The van der Waals surface area contributed by atoms with Crippen LogP contribution in [-0.4, -0.2) is 96.4 Å². The predicted octanol–water partition coefficient (Wildman–Crippen LogP) is 0.837. The van der Waals surface area contributed by atoms with Gasteiger partial charge < -0.3 is 31.5 Å². The number of hydrogen-bond donors (Lipinski definition) is 6. The number of amides is 5. The van der Waals surface area contributed by atoms with Crippen LogP contribution in [-0.2, 0) is 15.3 Å². The summed E-state index contributed by atoms with van der Waals surface area (Å²) < 4.78 is 0. The molecule has 4 atom stereocenters. The first-order valence-corrected chi connectivity index (χ1v) is 16.0. The quantitative estimate of drug-likeness (QED) is 0.0914. The molecule has 3 fully saturated rings. The summed E-state index contributed by atoms with van der Waals surface area (Å²) in [5, 5.41) is 9.27. The number of unbranched alkanes of at least 4 members (excludes halogenated alkanes) is 2. The number of carbonyl (C=O) groups excluding carboxylic acids is 4. The Bertz CT molecular complexity index is 1120. The van der Waals surface area contributed by atoms with Gasteiger partial charge in [0.25, 0.3) is 5.91 Å². The van der Waals surface area contributed by atoms with Crippen LogP contribution in [0.15, 0.2) is 24.3 Å². The van der Waals surface area contributed by atoms with E-state index in [0.717, 1.165) is 43.4 Å². The van der Waals surface area contributed by atoms with Crippen molar-refractivity contribution in [1.82, 2.24) is 36.6 Å². The van der Waals surface area contributed by atoms with Crippen molar-refractivity contribution >= 4 is 35.5 Å². The van der Waals surface area contributed by atoms with Gasteiger partial charge in [-0.25, -0.2) is 15.6 Å². The smallest absolute Gasteiger partial charge is 0.315 e. The molecule has 7 N–H and O–H groups in total. The van der Waals surface area contributed by atoms with E-state index in [2.05, 4.69) is 26.8 Å². The highest BCUT2D eigenvalue weighted by atomic mass is 32.2. The molecule has 1 aromatic rings. The molecule has 0 spiro atoms. The fourth-order valence-electron chi connectivity index (χ4n) is 5.44. The number of benzene rings is 1. The lowest BCUT2D eigenvalue weighted by atomic mass is 10.0. The van der Waals surface area contributed by atoms with E-state index in [4.69, 9.17) is 5.73 Å². The maximum atomic E-state index is 13.3. The van der Waals surface area contributed by atoms with Crippen LogP contribution in [0.25, 0.3) is 0 Å². The Kier molecular flexibility index (Phi) is 11.1. The third kappa shape index (κ3) is 8.36. The second-order valence-electron chi connectivity index (χ2n) is 11.7. The molecule has 0 radical (unpaired) electrons. The molecule has 1 aromatic carbocycles. The van der Waals surface area contributed by atoms with Gasteiger partial charge in [-0.15, -0.1) is 0 Å². The summed E-state index contributed by atoms with van der Waals surface area (Å²) in [4.78, 5) is 53.9. The Morgan fingerprint density at radius 1 is 1.05 bits per heavy atom. The number of nitrogens with one attached hydrogen (secondary N) is 5. The van der Waals surface area contributed by atoms with Crippen LogP contribution in [0.2, 0.25) is 0 Å². The molecular weight excluding hydrogens is 556 g/mol. The van der Waals surface area contributed by atoms with Crippen molar-refractivity contribution in [2.75, 3.05) is 39.5 Å². The minimum Gasteiger partial charge on any atom is -0.344 e. The molecule has 0 aromatic heterocycles. The van der Waals surface area contributed by atoms with E-state index in [9.17, 15) is 19.2 Å². The number of hydrazine groups is 1. The second-order valence-corrected chi connectivity index (χ2v) is 13.0. The number of nitrogens with zero attached hydrogens (tertiary/aromatic N) is 2. The molecule has 13 heteroatoms. The average Bonchev–Trinajstić information content (AvgIpc) is 3.47. The van der Waals surface area contributed by atoms with E-state index in [1.54, 1.807) is 36.0 Å². The van der Waals surface area contributed by atoms with Crippen LogP contribution < -0.4 is 32.5 Å². The summed E-state index contributed by atoms with van der Waals surface area (Å²) in [6.07, 6.45) is 5.11. The Hall–Kier alpha value is -2.87.